The Morgan fingerprint density at radius 3 is 2.56 bits per heavy atom. The molecule has 0 aromatic carbocycles. The summed E-state index contributed by atoms with van der Waals surface area (Å²) >= 11 is 0. The van der Waals surface area contributed by atoms with E-state index in [0.29, 0.717) is 19.4 Å². The molecule has 8 heteroatoms. The van der Waals surface area contributed by atoms with E-state index in [2.05, 4.69) is 15.3 Å². The second-order valence-corrected chi connectivity index (χ2v) is 3.28. The van der Waals surface area contributed by atoms with Gasteiger partial charge in [-0.2, -0.15) is 0 Å². The summed E-state index contributed by atoms with van der Waals surface area (Å²) in [5.74, 6) is -1.94. The smallest absolute Gasteiger partial charge is 0.335 e. The van der Waals surface area contributed by atoms with E-state index in [9.17, 15) is 9.59 Å². The molecule has 0 aromatic rings. The van der Waals surface area contributed by atoms with Crippen LogP contribution in [-0.2, 0) is 9.59 Å². The molecule has 8 nitrogen and oxygen atoms in total. The molecule has 0 heterocycles. The van der Waals surface area contributed by atoms with E-state index in [1.165, 1.54) is 0 Å². The summed E-state index contributed by atoms with van der Waals surface area (Å²) in [6.07, 6.45) is 1.06. The van der Waals surface area contributed by atoms with Gasteiger partial charge in [0.25, 0.3) is 0 Å². The number of nitrogens with two attached hydrogens (primary N) is 1. The molecular formula is C8H15N5O3. The first-order valence-corrected chi connectivity index (χ1v) is 4.77. The maximum Gasteiger partial charge on any atom is 0.335 e. The van der Waals surface area contributed by atoms with Gasteiger partial charge in [-0.25, -0.2) is 4.79 Å². The van der Waals surface area contributed by atoms with Crippen LogP contribution in [0.4, 0.5) is 0 Å². The Labute approximate surface area is 92.4 Å². The molecule has 0 aromatic heterocycles. The van der Waals surface area contributed by atoms with Gasteiger partial charge in [-0.15, -0.1) is 0 Å². The van der Waals surface area contributed by atoms with Crippen molar-refractivity contribution in [2.24, 2.45) is 10.8 Å². The van der Waals surface area contributed by atoms with E-state index in [1.807, 2.05) is 0 Å². The Morgan fingerprint density at radius 1 is 1.56 bits per heavy atom. The van der Waals surface area contributed by atoms with Gasteiger partial charge in [-0.3, -0.25) is 4.79 Å². The normalized spacial score (nSPS) is 13.4. The number of unbranched alkanes of at least 4 members (excludes halogenated alkanes) is 1. The lowest BCUT2D eigenvalue weighted by Gasteiger charge is -2.24. The molecule has 1 atom stereocenters. The number of hydrogen-bond acceptors (Lipinski definition) is 4. The van der Waals surface area contributed by atoms with Crippen LogP contribution in [0.15, 0.2) is 5.11 Å². The van der Waals surface area contributed by atoms with Crippen LogP contribution in [0, 0.1) is 0 Å². The summed E-state index contributed by atoms with van der Waals surface area (Å²) in [5, 5.41) is 14.3. The Kier molecular flexibility index (Phi) is 5.91. The van der Waals surface area contributed by atoms with Crippen LogP contribution in [0.2, 0.25) is 0 Å². The minimum Gasteiger partial charge on any atom is -0.479 e. The maximum absolute atomic E-state index is 11.0. The van der Waals surface area contributed by atoms with Crippen LogP contribution in [0.25, 0.3) is 10.4 Å². The zero-order chi connectivity index (χ0) is 12.6. The first-order valence-electron chi connectivity index (χ1n) is 4.77. The lowest BCUT2D eigenvalue weighted by atomic mass is 10.0. The van der Waals surface area contributed by atoms with Crippen molar-refractivity contribution in [1.82, 2.24) is 5.32 Å². The minimum absolute atomic E-state index is 0.0170. The monoisotopic (exact) mass is 229 g/mol. The summed E-state index contributed by atoms with van der Waals surface area (Å²) < 4.78 is 0. The standard InChI is InChI=1S/C8H15N5O3/c1-6(14)11-8(7(15)16,12-13-10)4-2-3-5-9/h2-5,9H2,1H3,(H,11,14)(H,15,16). The highest BCUT2D eigenvalue weighted by Gasteiger charge is 2.38. The SMILES string of the molecule is CC(=O)NC(CCCCN)(N=[N+]=[N-])C(=O)O. The number of amides is 1. The molecule has 0 rings (SSSR count). The summed E-state index contributed by atoms with van der Waals surface area (Å²) in [7, 11) is 0. The van der Waals surface area contributed by atoms with Gasteiger partial charge in [0.2, 0.25) is 11.6 Å². The van der Waals surface area contributed by atoms with Crippen LogP contribution in [0.3, 0.4) is 0 Å². The highest BCUT2D eigenvalue weighted by atomic mass is 16.4. The molecule has 0 aliphatic heterocycles. The molecule has 1 unspecified atom stereocenters. The van der Waals surface area contributed by atoms with Crippen LogP contribution in [0.1, 0.15) is 26.2 Å². The van der Waals surface area contributed by atoms with Crippen molar-refractivity contribution in [2.75, 3.05) is 6.54 Å². The van der Waals surface area contributed by atoms with E-state index in [-0.39, 0.29) is 6.42 Å². The molecule has 0 aliphatic carbocycles. The lowest BCUT2D eigenvalue weighted by Crippen LogP contribution is -2.52. The van der Waals surface area contributed by atoms with Crippen LogP contribution < -0.4 is 11.1 Å². The Morgan fingerprint density at radius 2 is 2.19 bits per heavy atom. The number of hydrogen-bond donors (Lipinski definition) is 3. The van der Waals surface area contributed by atoms with Crippen molar-refractivity contribution in [3.63, 3.8) is 0 Å². The molecule has 0 bridgehead atoms. The topological polar surface area (TPSA) is 141 Å². The molecule has 0 fully saturated rings. The molecule has 0 spiro atoms. The Balaban J connectivity index is 4.86. The zero-order valence-corrected chi connectivity index (χ0v) is 9.01. The molecule has 16 heavy (non-hydrogen) atoms. The highest BCUT2D eigenvalue weighted by molar-refractivity contribution is 5.85. The van der Waals surface area contributed by atoms with Gasteiger partial charge in [0.15, 0.2) is 0 Å². The van der Waals surface area contributed by atoms with Crippen molar-refractivity contribution in [2.45, 2.75) is 31.8 Å². The van der Waals surface area contributed by atoms with Gasteiger partial charge in [0.05, 0.1) is 0 Å². The largest absolute Gasteiger partial charge is 0.479 e. The van der Waals surface area contributed by atoms with Gasteiger partial charge < -0.3 is 16.2 Å². The van der Waals surface area contributed by atoms with E-state index in [1.54, 1.807) is 0 Å². The van der Waals surface area contributed by atoms with Crippen molar-refractivity contribution >= 4 is 11.9 Å². The molecule has 1 amide bonds. The second-order valence-electron chi connectivity index (χ2n) is 3.28. The maximum atomic E-state index is 11.0. The van der Waals surface area contributed by atoms with E-state index in [4.69, 9.17) is 16.4 Å². The van der Waals surface area contributed by atoms with Gasteiger partial charge in [0.1, 0.15) is 0 Å². The molecule has 4 N–H and O–H groups in total. The highest BCUT2D eigenvalue weighted by Crippen LogP contribution is 2.17. The fourth-order valence-corrected chi connectivity index (χ4v) is 1.23. The zero-order valence-electron chi connectivity index (χ0n) is 9.01. The molecule has 0 aliphatic rings. The molecular weight excluding hydrogens is 214 g/mol. The fraction of sp³-hybridized carbons (Fsp3) is 0.750. The Hall–Kier alpha value is -1.79. The molecule has 0 saturated carbocycles. The number of carbonyl (C=O) groups is 2. The van der Waals surface area contributed by atoms with Crippen molar-refractivity contribution < 1.29 is 14.7 Å². The summed E-state index contributed by atoms with van der Waals surface area (Å²) in [5.41, 5.74) is 11.7. The third kappa shape index (κ3) is 4.16. The van der Waals surface area contributed by atoms with Gasteiger partial charge in [-0.1, -0.05) is 5.11 Å². The third-order valence-electron chi connectivity index (χ3n) is 1.94. The molecule has 0 radical (unpaired) electrons. The van der Waals surface area contributed by atoms with Gasteiger partial charge in [-0.05, 0) is 31.3 Å². The number of carboxylic acids is 1. The average molecular weight is 229 g/mol. The van der Waals surface area contributed by atoms with Gasteiger partial charge >= 0.3 is 5.97 Å². The van der Waals surface area contributed by atoms with E-state index < -0.39 is 17.5 Å². The van der Waals surface area contributed by atoms with Gasteiger partial charge in [0, 0.05) is 11.8 Å². The Bertz CT molecular complexity index is 309. The van der Waals surface area contributed by atoms with Crippen molar-refractivity contribution in [1.29, 1.82) is 0 Å². The number of carbonyl (C=O) groups excluding carboxylic acids is 1. The number of carboxylic acid groups (broad SMARTS) is 1. The predicted molar refractivity (Wildman–Crippen MR) is 56.2 cm³/mol. The summed E-state index contributed by atoms with van der Waals surface area (Å²) in [4.78, 5) is 24.4. The first kappa shape index (κ1) is 14.2. The lowest BCUT2D eigenvalue weighted by molar-refractivity contribution is -0.147. The first-order chi connectivity index (χ1) is 7.48. The number of rotatable bonds is 7. The second kappa shape index (κ2) is 6.65. The average Bonchev–Trinajstić information content (AvgIpc) is 2.17. The minimum atomic E-state index is -1.91. The van der Waals surface area contributed by atoms with Crippen LogP contribution >= 0.6 is 0 Å². The quantitative estimate of drug-likeness (QED) is 0.250. The summed E-state index contributed by atoms with van der Waals surface area (Å²) in [6, 6.07) is 0. The molecule has 90 valence electrons. The fourth-order valence-electron chi connectivity index (χ4n) is 1.23. The van der Waals surface area contributed by atoms with Crippen LogP contribution in [0.5, 0.6) is 0 Å². The summed E-state index contributed by atoms with van der Waals surface area (Å²) in [6.45, 7) is 1.57. The number of aliphatic carboxylic acids is 1. The van der Waals surface area contributed by atoms with Crippen molar-refractivity contribution in [3.05, 3.63) is 10.4 Å². The number of nitrogens with zero attached hydrogens (tertiary/aromatic N) is 3. The van der Waals surface area contributed by atoms with E-state index >= 15 is 0 Å². The number of nitrogens with one attached hydrogen (secondary N) is 1. The number of azide groups is 1. The predicted octanol–water partition coefficient (Wildman–Crippen LogP) is 0.343. The van der Waals surface area contributed by atoms with Crippen LogP contribution in [-0.4, -0.2) is 29.2 Å². The van der Waals surface area contributed by atoms with E-state index in [0.717, 1.165) is 6.92 Å². The molecule has 0 saturated heterocycles. The van der Waals surface area contributed by atoms with Crippen molar-refractivity contribution in [3.8, 4) is 0 Å². The third-order valence-corrected chi connectivity index (χ3v) is 1.94.